The molecule has 1 atom stereocenters. The molecule has 1 saturated heterocycles. The summed E-state index contributed by atoms with van der Waals surface area (Å²) in [5.74, 6) is 0.590. The summed E-state index contributed by atoms with van der Waals surface area (Å²) in [6, 6.07) is 8.89. The van der Waals surface area contributed by atoms with Crippen LogP contribution in [0.5, 0.6) is 0 Å². The number of rotatable bonds is 3. The van der Waals surface area contributed by atoms with Crippen LogP contribution < -0.4 is 5.73 Å². The Hall–Kier alpha value is -1.57. The first kappa shape index (κ1) is 16.5. The Kier molecular flexibility index (Phi) is 6.50. The maximum atomic E-state index is 12.4. The van der Waals surface area contributed by atoms with Gasteiger partial charge >= 0.3 is 0 Å². The van der Waals surface area contributed by atoms with Crippen LogP contribution in [-0.4, -0.2) is 30.4 Å². The van der Waals surface area contributed by atoms with Gasteiger partial charge in [0.25, 0.3) is 5.91 Å². The molecule has 1 aliphatic rings. The number of hydrogen-bond acceptors (Lipinski definition) is 3. The minimum absolute atomic E-state index is 0. The topological polar surface area (TPSA) is 70.1 Å². The van der Waals surface area contributed by atoms with Crippen molar-refractivity contribution in [3.63, 3.8) is 0 Å². The molecule has 0 bridgehead atoms. The van der Waals surface area contributed by atoms with Crippen molar-refractivity contribution in [2.45, 2.75) is 19.3 Å². The van der Waals surface area contributed by atoms with Crippen LogP contribution >= 0.6 is 12.4 Å². The predicted molar refractivity (Wildman–Crippen MR) is 80.7 cm³/mol. The van der Waals surface area contributed by atoms with Crippen LogP contribution in [0.4, 0.5) is 0 Å². The van der Waals surface area contributed by atoms with E-state index in [2.05, 4.69) is 6.07 Å². The second-order valence-electron chi connectivity index (χ2n) is 5.03. The summed E-state index contributed by atoms with van der Waals surface area (Å²) in [6.45, 7) is 2.31. The molecule has 0 aromatic heterocycles. The SMILES string of the molecule is Cl.N#Cc1ccc(C(=O)N2CCCC(CCN)C2)cc1. The first-order valence-corrected chi connectivity index (χ1v) is 6.74. The van der Waals surface area contributed by atoms with Gasteiger partial charge in [-0.05, 0) is 56.0 Å². The number of hydrogen-bond donors (Lipinski definition) is 1. The number of nitriles is 1. The smallest absolute Gasteiger partial charge is 0.253 e. The average molecular weight is 294 g/mol. The maximum absolute atomic E-state index is 12.4. The summed E-state index contributed by atoms with van der Waals surface area (Å²) in [5, 5.41) is 8.75. The number of benzene rings is 1. The summed E-state index contributed by atoms with van der Waals surface area (Å²) >= 11 is 0. The lowest BCUT2D eigenvalue weighted by molar-refractivity contribution is 0.0669. The average Bonchev–Trinajstić information content (AvgIpc) is 2.47. The molecule has 2 N–H and O–H groups in total. The van der Waals surface area contributed by atoms with Crippen molar-refractivity contribution in [2.24, 2.45) is 11.7 Å². The maximum Gasteiger partial charge on any atom is 0.253 e. The number of piperidine rings is 1. The van der Waals surface area contributed by atoms with Crippen LogP contribution in [0.2, 0.25) is 0 Å². The zero-order valence-corrected chi connectivity index (χ0v) is 12.2. The van der Waals surface area contributed by atoms with Gasteiger partial charge in [0.15, 0.2) is 0 Å². The normalized spacial score (nSPS) is 18.0. The lowest BCUT2D eigenvalue weighted by atomic mass is 9.94. The quantitative estimate of drug-likeness (QED) is 0.928. The Balaban J connectivity index is 0.00000200. The third-order valence-electron chi connectivity index (χ3n) is 3.64. The Morgan fingerprint density at radius 2 is 2.10 bits per heavy atom. The van der Waals surface area contributed by atoms with Gasteiger partial charge in [-0.2, -0.15) is 5.26 Å². The first-order valence-electron chi connectivity index (χ1n) is 6.74. The minimum atomic E-state index is 0. The van der Waals surface area contributed by atoms with Crippen LogP contribution in [0.1, 0.15) is 35.2 Å². The van der Waals surface area contributed by atoms with E-state index in [1.807, 2.05) is 4.90 Å². The van der Waals surface area contributed by atoms with Gasteiger partial charge in [0.1, 0.15) is 0 Å². The number of nitrogens with zero attached hydrogens (tertiary/aromatic N) is 2. The van der Waals surface area contributed by atoms with Crippen LogP contribution in [-0.2, 0) is 0 Å². The van der Waals surface area contributed by atoms with Crippen molar-refractivity contribution >= 4 is 18.3 Å². The summed E-state index contributed by atoms with van der Waals surface area (Å²) < 4.78 is 0. The fourth-order valence-electron chi connectivity index (χ4n) is 2.59. The highest BCUT2D eigenvalue weighted by molar-refractivity contribution is 5.94. The Bertz CT molecular complexity index is 479. The highest BCUT2D eigenvalue weighted by Crippen LogP contribution is 2.20. The van der Waals surface area contributed by atoms with Crippen molar-refractivity contribution in [3.05, 3.63) is 35.4 Å². The van der Waals surface area contributed by atoms with E-state index in [4.69, 9.17) is 11.0 Å². The molecule has 0 radical (unpaired) electrons. The molecule has 0 saturated carbocycles. The Morgan fingerprint density at radius 1 is 1.40 bits per heavy atom. The Morgan fingerprint density at radius 3 is 2.70 bits per heavy atom. The number of nitrogens with two attached hydrogens (primary N) is 1. The van der Waals surface area contributed by atoms with E-state index in [-0.39, 0.29) is 18.3 Å². The first-order chi connectivity index (χ1) is 9.24. The van der Waals surface area contributed by atoms with E-state index in [1.165, 1.54) is 0 Å². The molecule has 1 heterocycles. The summed E-state index contributed by atoms with van der Waals surface area (Å²) in [4.78, 5) is 14.3. The van der Waals surface area contributed by atoms with Gasteiger partial charge in [0.05, 0.1) is 11.6 Å². The van der Waals surface area contributed by atoms with Gasteiger partial charge in [-0.3, -0.25) is 4.79 Å². The van der Waals surface area contributed by atoms with Crippen molar-refractivity contribution in [3.8, 4) is 6.07 Å². The van der Waals surface area contributed by atoms with E-state index >= 15 is 0 Å². The molecule has 5 heteroatoms. The van der Waals surface area contributed by atoms with Crippen molar-refractivity contribution in [2.75, 3.05) is 19.6 Å². The molecule has 2 rings (SSSR count). The van der Waals surface area contributed by atoms with Gasteiger partial charge in [0, 0.05) is 18.7 Å². The van der Waals surface area contributed by atoms with Crippen LogP contribution in [0.15, 0.2) is 24.3 Å². The third kappa shape index (κ3) is 3.96. The van der Waals surface area contributed by atoms with Crippen LogP contribution in [0.3, 0.4) is 0 Å². The van der Waals surface area contributed by atoms with Crippen LogP contribution in [0.25, 0.3) is 0 Å². The number of carbonyl (C=O) groups is 1. The van der Waals surface area contributed by atoms with E-state index in [1.54, 1.807) is 24.3 Å². The summed E-state index contributed by atoms with van der Waals surface area (Å²) in [6.07, 6.45) is 3.19. The van der Waals surface area contributed by atoms with E-state index < -0.39 is 0 Å². The summed E-state index contributed by atoms with van der Waals surface area (Å²) in [7, 11) is 0. The molecule has 4 nitrogen and oxygen atoms in total. The molecule has 1 aromatic carbocycles. The lowest BCUT2D eigenvalue weighted by Crippen LogP contribution is -2.40. The zero-order chi connectivity index (χ0) is 13.7. The molecule has 0 spiro atoms. The molecule has 108 valence electrons. The van der Waals surface area contributed by atoms with Gasteiger partial charge in [-0.1, -0.05) is 0 Å². The number of likely N-dealkylation sites (tertiary alicyclic amines) is 1. The molecule has 1 aromatic rings. The minimum Gasteiger partial charge on any atom is -0.338 e. The van der Waals surface area contributed by atoms with Gasteiger partial charge in [0.2, 0.25) is 0 Å². The third-order valence-corrected chi connectivity index (χ3v) is 3.64. The number of amides is 1. The molecular formula is C15H20ClN3O. The Labute approximate surface area is 126 Å². The standard InChI is InChI=1S/C15H19N3O.ClH/c16-8-7-13-2-1-9-18(11-13)15(19)14-5-3-12(10-17)4-6-14;/h3-6,13H,1-2,7-9,11,16H2;1H. The number of halogens is 1. The molecule has 1 aliphatic heterocycles. The van der Waals surface area contributed by atoms with E-state index in [0.717, 1.165) is 32.4 Å². The molecular weight excluding hydrogens is 274 g/mol. The summed E-state index contributed by atoms with van der Waals surface area (Å²) in [5.41, 5.74) is 6.83. The fourth-order valence-corrected chi connectivity index (χ4v) is 2.59. The molecule has 20 heavy (non-hydrogen) atoms. The van der Waals surface area contributed by atoms with E-state index in [0.29, 0.717) is 23.6 Å². The van der Waals surface area contributed by atoms with Crippen molar-refractivity contribution < 1.29 is 4.79 Å². The number of carbonyl (C=O) groups excluding carboxylic acids is 1. The second-order valence-corrected chi connectivity index (χ2v) is 5.03. The van der Waals surface area contributed by atoms with Gasteiger partial charge in [-0.15, -0.1) is 12.4 Å². The molecule has 0 aliphatic carbocycles. The fraction of sp³-hybridized carbons (Fsp3) is 0.467. The molecule has 1 fully saturated rings. The zero-order valence-electron chi connectivity index (χ0n) is 11.4. The van der Waals surface area contributed by atoms with Crippen LogP contribution in [0, 0.1) is 17.2 Å². The molecule has 1 unspecified atom stereocenters. The largest absolute Gasteiger partial charge is 0.338 e. The monoisotopic (exact) mass is 293 g/mol. The highest BCUT2D eigenvalue weighted by Gasteiger charge is 2.23. The van der Waals surface area contributed by atoms with Crippen molar-refractivity contribution in [1.82, 2.24) is 4.90 Å². The van der Waals surface area contributed by atoms with Crippen molar-refractivity contribution in [1.29, 1.82) is 5.26 Å². The van der Waals surface area contributed by atoms with Gasteiger partial charge in [-0.25, -0.2) is 0 Å². The predicted octanol–water partition coefficient (Wildman–Crippen LogP) is 2.18. The highest BCUT2D eigenvalue weighted by atomic mass is 35.5. The lowest BCUT2D eigenvalue weighted by Gasteiger charge is -2.32. The van der Waals surface area contributed by atoms with Gasteiger partial charge < -0.3 is 10.6 Å². The second kappa shape index (κ2) is 7.88. The van der Waals surface area contributed by atoms with E-state index in [9.17, 15) is 4.79 Å². The molecule has 1 amide bonds.